The van der Waals surface area contributed by atoms with Crippen molar-refractivity contribution in [3.63, 3.8) is 0 Å². The number of ether oxygens (including phenoxy) is 1. The van der Waals surface area contributed by atoms with Crippen LogP contribution in [0.3, 0.4) is 0 Å². The van der Waals surface area contributed by atoms with Gasteiger partial charge in [0, 0.05) is 19.0 Å². The van der Waals surface area contributed by atoms with Gasteiger partial charge in [0.2, 0.25) is 0 Å². The van der Waals surface area contributed by atoms with E-state index in [0.29, 0.717) is 17.6 Å². The zero-order chi connectivity index (χ0) is 12.6. The van der Waals surface area contributed by atoms with Crippen molar-refractivity contribution in [2.45, 2.75) is 51.7 Å². The minimum Gasteiger partial charge on any atom is -0.488 e. The van der Waals surface area contributed by atoms with E-state index in [1.807, 2.05) is 6.07 Å². The summed E-state index contributed by atoms with van der Waals surface area (Å²) in [4.78, 5) is 0. The van der Waals surface area contributed by atoms with Crippen molar-refractivity contribution in [2.75, 3.05) is 6.54 Å². The molecule has 18 heavy (non-hydrogen) atoms. The Balaban J connectivity index is 1.49. The van der Waals surface area contributed by atoms with Crippen LogP contribution in [0.1, 0.15) is 38.7 Å². The first-order valence-electron chi connectivity index (χ1n) is 7.10. The third kappa shape index (κ3) is 2.54. The van der Waals surface area contributed by atoms with E-state index in [2.05, 4.69) is 37.4 Å². The fraction of sp³-hybridized carbons (Fsp3) is 0.625. The van der Waals surface area contributed by atoms with Crippen LogP contribution in [0.25, 0.3) is 0 Å². The second-order valence-corrected chi connectivity index (χ2v) is 6.56. The summed E-state index contributed by atoms with van der Waals surface area (Å²) < 4.78 is 5.96. The van der Waals surface area contributed by atoms with Gasteiger partial charge in [-0.2, -0.15) is 0 Å². The molecule has 98 valence electrons. The molecule has 1 aromatic rings. The molecule has 0 bridgehead atoms. The van der Waals surface area contributed by atoms with E-state index in [1.54, 1.807) is 0 Å². The third-order valence-electron chi connectivity index (χ3n) is 4.32. The molecular weight excluding hydrogens is 222 g/mol. The number of para-hydroxylation sites is 1. The predicted octanol–water partition coefficient (Wildman–Crippen LogP) is 3.16. The molecule has 1 heterocycles. The summed E-state index contributed by atoms with van der Waals surface area (Å²) >= 11 is 0. The molecule has 0 amide bonds. The van der Waals surface area contributed by atoms with Crippen molar-refractivity contribution in [3.8, 4) is 5.75 Å². The van der Waals surface area contributed by atoms with Crippen LogP contribution in [0.15, 0.2) is 24.3 Å². The Morgan fingerprint density at radius 1 is 1.33 bits per heavy atom. The van der Waals surface area contributed by atoms with E-state index < -0.39 is 0 Å². The van der Waals surface area contributed by atoms with Crippen LogP contribution in [-0.4, -0.2) is 18.7 Å². The maximum absolute atomic E-state index is 5.96. The molecular formula is C16H23NO. The summed E-state index contributed by atoms with van der Waals surface area (Å²) in [5.41, 5.74) is 1.88. The predicted molar refractivity (Wildman–Crippen MR) is 74.0 cm³/mol. The maximum Gasteiger partial charge on any atom is 0.123 e. The first-order chi connectivity index (χ1) is 8.62. The van der Waals surface area contributed by atoms with Crippen molar-refractivity contribution in [3.05, 3.63) is 29.8 Å². The van der Waals surface area contributed by atoms with Crippen LogP contribution in [0, 0.1) is 5.41 Å². The van der Waals surface area contributed by atoms with Gasteiger partial charge < -0.3 is 10.1 Å². The molecule has 1 N–H and O–H groups in total. The molecule has 2 nitrogen and oxygen atoms in total. The van der Waals surface area contributed by atoms with E-state index in [1.165, 1.54) is 24.8 Å². The summed E-state index contributed by atoms with van der Waals surface area (Å²) in [6, 6.07) is 9.08. The Hall–Kier alpha value is -1.02. The summed E-state index contributed by atoms with van der Waals surface area (Å²) in [5.74, 6) is 1.08. The Labute approximate surface area is 110 Å². The molecule has 1 fully saturated rings. The zero-order valence-electron chi connectivity index (χ0n) is 11.4. The molecule has 0 aromatic heterocycles. The highest BCUT2D eigenvalue weighted by atomic mass is 16.5. The highest BCUT2D eigenvalue weighted by Crippen LogP contribution is 2.37. The number of benzene rings is 1. The summed E-state index contributed by atoms with van der Waals surface area (Å²) in [6.07, 6.45) is 5.33. The van der Waals surface area contributed by atoms with Gasteiger partial charge >= 0.3 is 0 Å². The van der Waals surface area contributed by atoms with E-state index in [0.717, 1.165) is 18.7 Å². The number of hydrogen-bond donors (Lipinski definition) is 1. The highest BCUT2D eigenvalue weighted by Gasteiger charge is 2.31. The van der Waals surface area contributed by atoms with Crippen molar-refractivity contribution >= 4 is 0 Å². The minimum atomic E-state index is 0.325. The number of rotatable bonds is 3. The summed E-state index contributed by atoms with van der Waals surface area (Å²) in [7, 11) is 0. The SMILES string of the molecule is CC1(C)CCC(NCC2Cc3ccccc3O2)C1. The van der Waals surface area contributed by atoms with Gasteiger partial charge in [-0.1, -0.05) is 32.0 Å². The van der Waals surface area contributed by atoms with Gasteiger partial charge in [0.05, 0.1) is 0 Å². The van der Waals surface area contributed by atoms with Crippen LogP contribution in [-0.2, 0) is 6.42 Å². The molecule has 2 heteroatoms. The lowest BCUT2D eigenvalue weighted by Gasteiger charge is -2.19. The van der Waals surface area contributed by atoms with Crippen LogP contribution in [0.5, 0.6) is 5.75 Å². The van der Waals surface area contributed by atoms with Gasteiger partial charge in [0.15, 0.2) is 0 Å². The number of hydrogen-bond acceptors (Lipinski definition) is 2. The molecule has 1 aliphatic heterocycles. The molecule has 2 unspecified atom stereocenters. The molecule has 2 aliphatic rings. The fourth-order valence-corrected chi connectivity index (χ4v) is 3.28. The van der Waals surface area contributed by atoms with E-state index >= 15 is 0 Å². The van der Waals surface area contributed by atoms with Crippen LogP contribution in [0.2, 0.25) is 0 Å². The first-order valence-corrected chi connectivity index (χ1v) is 7.10. The number of nitrogens with one attached hydrogen (secondary N) is 1. The molecule has 2 atom stereocenters. The Morgan fingerprint density at radius 3 is 2.89 bits per heavy atom. The van der Waals surface area contributed by atoms with Crippen LogP contribution >= 0.6 is 0 Å². The molecule has 0 radical (unpaired) electrons. The lowest BCUT2D eigenvalue weighted by Crippen LogP contribution is -2.36. The quantitative estimate of drug-likeness (QED) is 0.883. The second-order valence-electron chi connectivity index (χ2n) is 6.56. The van der Waals surface area contributed by atoms with Gasteiger partial charge in [-0.05, 0) is 36.3 Å². The third-order valence-corrected chi connectivity index (χ3v) is 4.32. The van der Waals surface area contributed by atoms with Gasteiger partial charge in [0.25, 0.3) is 0 Å². The average molecular weight is 245 g/mol. The average Bonchev–Trinajstić information content (AvgIpc) is 2.89. The minimum absolute atomic E-state index is 0.325. The normalized spacial score (nSPS) is 29.0. The first kappa shape index (κ1) is 12.0. The highest BCUT2D eigenvalue weighted by molar-refractivity contribution is 5.37. The summed E-state index contributed by atoms with van der Waals surface area (Å²) in [5, 5.41) is 3.69. The van der Waals surface area contributed by atoms with E-state index in [-0.39, 0.29) is 0 Å². The molecule has 0 saturated heterocycles. The van der Waals surface area contributed by atoms with Gasteiger partial charge in [-0.15, -0.1) is 0 Å². The molecule has 1 aromatic carbocycles. The molecule has 1 aliphatic carbocycles. The zero-order valence-corrected chi connectivity index (χ0v) is 11.4. The second kappa shape index (κ2) is 4.58. The van der Waals surface area contributed by atoms with Gasteiger partial charge in [-0.25, -0.2) is 0 Å². The van der Waals surface area contributed by atoms with Crippen molar-refractivity contribution in [2.24, 2.45) is 5.41 Å². The Bertz CT molecular complexity index is 402. The van der Waals surface area contributed by atoms with Crippen LogP contribution < -0.4 is 10.1 Å². The Kier molecular flexibility index (Phi) is 3.06. The molecule has 3 rings (SSSR count). The fourth-order valence-electron chi connectivity index (χ4n) is 3.28. The van der Waals surface area contributed by atoms with E-state index in [4.69, 9.17) is 4.74 Å². The summed E-state index contributed by atoms with van der Waals surface area (Å²) in [6.45, 7) is 5.72. The van der Waals surface area contributed by atoms with Crippen molar-refractivity contribution < 1.29 is 4.74 Å². The Morgan fingerprint density at radius 2 is 2.17 bits per heavy atom. The lowest BCUT2D eigenvalue weighted by molar-refractivity contribution is 0.219. The monoisotopic (exact) mass is 245 g/mol. The number of fused-ring (bicyclic) bond motifs is 1. The topological polar surface area (TPSA) is 21.3 Å². The smallest absolute Gasteiger partial charge is 0.123 e. The van der Waals surface area contributed by atoms with Gasteiger partial charge in [0.1, 0.15) is 11.9 Å². The van der Waals surface area contributed by atoms with Gasteiger partial charge in [-0.3, -0.25) is 0 Å². The van der Waals surface area contributed by atoms with Crippen LogP contribution in [0.4, 0.5) is 0 Å². The maximum atomic E-state index is 5.96. The lowest BCUT2D eigenvalue weighted by atomic mass is 9.92. The van der Waals surface area contributed by atoms with E-state index in [9.17, 15) is 0 Å². The molecule has 1 saturated carbocycles. The standard InChI is InChI=1S/C16H23NO/c1-16(2)8-7-13(10-16)17-11-14-9-12-5-3-4-6-15(12)18-14/h3-6,13-14,17H,7-11H2,1-2H3. The van der Waals surface area contributed by atoms with Crippen molar-refractivity contribution in [1.29, 1.82) is 0 Å². The molecule has 0 spiro atoms. The van der Waals surface area contributed by atoms with Crippen molar-refractivity contribution in [1.82, 2.24) is 5.32 Å². The largest absolute Gasteiger partial charge is 0.488 e.